The maximum Gasteiger partial charge on any atom is 0.261 e. The molecule has 0 aromatic heterocycles. The number of carbonyl (C=O) groups excluding carboxylic acids is 4. The fraction of sp³-hybridized carbons (Fsp3) is 0.286. The Morgan fingerprint density at radius 3 is 2.18 bits per heavy atom. The Morgan fingerprint density at radius 2 is 1.68 bits per heavy atom. The number of nitrogens with zero attached hydrogens (tertiary/aromatic N) is 1. The minimum Gasteiger partial charge on any atom is -0.368 e. The number of fused-ring (bicyclic) bond motifs is 1. The minimum atomic E-state index is -0.941. The summed E-state index contributed by atoms with van der Waals surface area (Å²) >= 11 is 0. The third-order valence-electron chi connectivity index (χ3n) is 3.32. The fourth-order valence-electron chi connectivity index (χ4n) is 2.15. The first kappa shape index (κ1) is 15.6. The number of amides is 4. The lowest BCUT2D eigenvalue weighted by Gasteiger charge is -2.17. The second kappa shape index (κ2) is 6.35. The Morgan fingerprint density at radius 1 is 1.14 bits per heavy atom. The van der Waals surface area contributed by atoms with E-state index in [0.717, 1.165) is 4.90 Å². The summed E-state index contributed by atoms with van der Waals surface area (Å²) in [6.45, 7) is -0.281. The van der Waals surface area contributed by atoms with Gasteiger partial charge in [-0.1, -0.05) is 12.1 Å². The Bertz CT molecular complexity index is 608. The summed E-state index contributed by atoms with van der Waals surface area (Å²) in [5.41, 5.74) is 11.3. The molecule has 2 rings (SSSR count). The molecular formula is C14H16N4O4. The summed E-state index contributed by atoms with van der Waals surface area (Å²) in [5, 5.41) is 2.27. The van der Waals surface area contributed by atoms with E-state index in [4.69, 9.17) is 11.5 Å². The molecule has 4 amide bonds. The lowest BCUT2D eigenvalue weighted by molar-refractivity contribution is -0.125. The molecule has 1 aromatic carbocycles. The van der Waals surface area contributed by atoms with Crippen LogP contribution in [-0.2, 0) is 9.59 Å². The Balaban J connectivity index is 1.93. The lowest BCUT2D eigenvalue weighted by atomic mass is 10.1. The van der Waals surface area contributed by atoms with Gasteiger partial charge in [-0.05, 0) is 18.6 Å². The largest absolute Gasteiger partial charge is 0.368 e. The SMILES string of the molecule is NC(=O)CNC(=O)[C@@H](N)CCN1C(=O)c2ccccc2C1=O. The van der Waals surface area contributed by atoms with Crippen LogP contribution in [0.2, 0.25) is 0 Å². The van der Waals surface area contributed by atoms with Gasteiger partial charge in [0.1, 0.15) is 0 Å². The lowest BCUT2D eigenvalue weighted by Crippen LogP contribution is -2.45. The zero-order valence-corrected chi connectivity index (χ0v) is 11.7. The standard InChI is InChI=1S/C14H16N4O4/c15-10(12(20)17-7-11(16)19)5-6-18-13(21)8-3-1-2-4-9(8)14(18)22/h1-4,10H,5-7,15H2,(H2,16,19)(H,17,20)/t10-/m0/s1. The molecule has 0 spiro atoms. The first-order chi connectivity index (χ1) is 10.4. The normalized spacial score (nSPS) is 14.7. The fourth-order valence-corrected chi connectivity index (χ4v) is 2.15. The molecule has 8 heteroatoms. The van der Waals surface area contributed by atoms with E-state index < -0.39 is 29.7 Å². The maximum atomic E-state index is 12.1. The first-order valence-electron chi connectivity index (χ1n) is 6.68. The van der Waals surface area contributed by atoms with Crippen molar-refractivity contribution < 1.29 is 19.2 Å². The summed E-state index contributed by atoms with van der Waals surface area (Å²) < 4.78 is 0. The third-order valence-corrected chi connectivity index (χ3v) is 3.32. The highest BCUT2D eigenvalue weighted by Gasteiger charge is 2.35. The quantitative estimate of drug-likeness (QED) is 0.555. The molecule has 0 unspecified atom stereocenters. The van der Waals surface area contributed by atoms with Gasteiger partial charge in [-0.25, -0.2) is 0 Å². The molecule has 1 heterocycles. The Hall–Kier alpha value is -2.74. The van der Waals surface area contributed by atoms with Crippen LogP contribution in [0.4, 0.5) is 0 Å². The van der Waals surface area contributed by atoms with Gasteiger partial charge in [0.2, 0.25) is 11.8 Å². The summed E-state index contributed by atoms with van der Waals surface area (Å²) in [7, 11) is 0. The third kappa shape index (κ3) is 3.12. The van der Waals surface area contributed by atoms with Crippen molar-refractivity contribution in [1.82, 2.24) is 10.2 Å². The van der Waals surface area contributed by atoms with Gasteiger partial charge in [0, 0.05) is 6.54 Å². The summed E-state index contributed by atoms with van der Waals surface area (Å²) in [6, 6.07) is 5.57. The maximum absolute atomic E-state index is 12.1. The molecule has 1 aromatic rings. The van der Waals surface area contributed by atoms with Gasteiger partial charge in [-0.3, -0.25) is 24.1 Å². The first-order valence-corrected chi connectivity index (χ1v) is 6.68. The molecule has 0 bridgehead atoms. The van der Waals surface area contributed by atoms with E-state index in [1.807, 2.05) is 0 Å². The highest BCUT2D eigenvalue weighted by Crippen LogP contribution is 2.22. The highest BCUT2D eigenvalue weighted by molar-refractivity contribution is 6.21. The van der Waals surface area contributed by atoms with Crippen molar-refractivity contribution in [2.24, 2.45) is 11.5 Å². The number of carbonyl (C=O) groups is 4. The van der Waals surface area contributed by atoms with E-state index in [0.29, 0.717) is 11.1 Å². The number of nitrogens with one attached hydrogen (secondary N) is 1. The van der Waals surface area contributed by atoms with Gasteiger partial charge in [0.15, 0.2) is 0 Å². The van der Waals surface area contributed by atoms with E-state index in [9.17, 15) is 19.2 Å². The molecule has 8 nitrogen and oxygen atoms in total. The predicted molar refractivity (Wildman–Crippen MR) is 76.6 cm³/mol. The molecule has 22 heavy (non-hydrogen) atoms. The van der Waals surface area contributed by atoms with Gasteiger partial charge >= 0.3 is 0 Å². The second-order valence-electron chi connectivity index (χ2n) is 4.89. The zero-order chi connectivity index (χ0) is 16.3. The Labute approximate surface area is 126 Å². The molecule has 5 N–H and O–H groups in total. The molecule has 1 atom stereocenters. The van der Waals surface area contributed by atoms with Crippen LogP contribution in [0.5, 0.6) is 0 Å². The van der Waals surface area contributed by atoms with Gasteiger partial charge in [-0.15, -0.1) is 0 Å². The minimum absolute atomic E-state index is 0.0253. The van der Waals surface area contributed by atoms with E-state index in [1.54, 1.807) is 24.3 Å². The van der Waals surface area contributed by atoms with Crippen LogP contribution in [0.1, 0.15) is 27.1 Å². The summed E-state index contributed by atoms with van der Waals surface area (Å²) in [5.74, 6) is -2.04. The number of imide groups is 1. The van der Waals surface area contributed by atoms with Crippen LogP contribution in [0, 0.1) is 0 Å². The van der Waals surface area contributed by atoms with E-state index in [2.05, 4.69) is 5.32 Å². The predicted octanol–water partition coefficient (Wildman–Crippen LogP) is -1.40. The second-order valence-corrected chi connectivity index (χ2v) is 4.89. The molecule has 0 aliphatic carbocycles. The molecular weight excluding hydrogens is 288 g/mol. The van der Waals surface area contributed by atoms with Crippen molar-refractivity contribution in [3.8, 4) is 0 Å². The summed E-state index contributed by atoms with van der Waals surface area (Å²) in [4.78, 5) is 47.5. The van der Waals surface area contributed by atoms with Gasteiger partial charge in [-0.2, -0.15) is 0 Å². The number of nitrogens with two attached hydrogens (primary N) is 2. The van der Waals surface area contributed by atoms with Gasteiger partial charge in [0.25, 0.3) is 11.8 Å². The Kier molecular flexibility index (Phi) is 4.52. The van der Waals surface area contributed by atoms with Crippen molar-refractivity contribution in [2.75, 3.05) is 13.1 Å². The molecule has 0 fully saturated rings. The molecule has 1 aliphatic rings. The number of hydrogen-bond donors (Lipinski definition) is 3. The van der Waals surface area contributed by atoms with Crippen molar-refractivity contribution in [3.05, 3.63) is 35.4 Å². The van der Waals surface area contributed by atoms with E-state index >= 15 is 0 Å². The van der Waals surface area contributed by atoms with Crippen molar-refractivity contribution in [1.29, 1.82) is 0 Å². The van der Waals surface area contributed by atoms with E-state index in [1.165, 1.54) is 0 Å². The van der Waals surface area contributed by atoms with Crippen LogP contribution in [-0.4, -0.2) is 47.7 Å². The average molecular weight is 304 g/mol. The van der Waals surface area contributed by atoms with Crippen molar-refractivity contribution in [2.45, 2.75) is 12.5 Å². The molecule has 0 saturated heterocycles. The van der Waals surface area contributed by atoms with Crippen LogP contribution in [0.25, 0.3) is 0 Å². The number of hydrogen-bond acceptors (Lipinski definition) is 5. The van der Waals surface area contributed by atoms with Crippen LogP contribution >= 0.6 is 0 Å². The topological polar surface area (TPSA) is 136 Å². The summed E-state index contributed by atoms with van der Waals surface area (Å²) in [6.07, 6.45) is 0.0933. The van der Waals surface area contributed by atoms with Gasteiger partial charge < -0.3 is 16.8 Å². The molecule has 116 valence electrons. The van der Waals surface area contributed by atoms with Crippen molar-refractivity contribution in [3.63, 3.8) is 0 Å². The molecule has 1 aliphatic heterocycles. The molecule has 0 saturated carbocycles. The monoisotopic (exact) mass is 304 g/mol. The zero-order valence-electron chi connectivity index (χ0n) is 11.7. The smallest absolute Gasteiger partial charge is 0.261 e. The van der Waals surface area contributed by atoms with Crippen LogP contribution in [0.15, 0.2) is 24.3 Å². The van der Waals surface area contributed by atoms with Crippen LogP contribution < -0.4 is 16.8 Å². The van der Waals surface area contributed by atoms with E-state index in [-0.39, 0.29) is 19.5 Å². The van der Waals surface area contributed by atoms with Crippen molar-refractivity contribution >= 4 is 23.6 Å². The number of benzene rings is 1. The van der Waals surface area contributed by atoms with Gasteiger partial charge in [0.05, 0.1) is 23.7 Å². The number of rotatable bonds is 6. The number of primary amides is 1. The van der Waals surface area contributed by atoms with Crippen LogP contribution in [0.3, 0.4) is 0 Å². The average Bonchev–Trinajstić information content (AvgIpc) is 2.74. The molecule has 0 radical (unpaired) electrons. The highest BCUT2D eigenvalue weighted by atomic mass is 16.2.